The van der Waals surface area contributed by atoms with Crippen LogP contribution < -0.4 is 0 Å². The summed E-state index contributed by atoms with van der Waals surface area (Å²) >= 11 is 0. The first-order chi connectivity index (χ1) is 23.4. The summed E-state index contributed by atoms with van der Waals surface area (Å²) in [5, 5.41) is 49.8. The number of ether oxygens (including phenoxy) is 2. The molecule has 0 aliphatic heterocycles. The van der Waals surface area contributed by atoms with Gasteiger partial charge < -0.3 is 39.9 Å². The highest BCUT2D eigenvalue weighted by molar-refractivity contribution is 7.47. The third-order valence-electron chi connectivity index (χ3n) is 8.95. The lowest BCUT2D eigenvalue weighted by Crippen LogP contribution is -2.64. The van der Waals surface area contributed by atoms with Gasteiger partial charge in [-0.15, -0.1) is 0 Å². The van der Waals surface area contributed by atoms with E-state index in [0.717, 1.165) is 51.4 Å². The van der Waals surface area contributed by atoms with Gasteiger partial charge in [0.1, 0.15) is 43.2 Å². The van der Waals surface area contributed by atoms with Crippen molar-refractivity contribution in [2.75, 3.05) is 13.2 Å². The Balaban J connectivity index is 2.54. The molecule has 0 radical (unpaired) electrons. The van der Waals surface area contributed by atoms with Crippen LogP contribution >= 0.6 is 7.82 Å². The summed E-state index contributed by atoms with van der Waals surface area (Å²) < 4.78 is 33.2. The molecule has 290 valence electrons. The van der Waals surface area contributed by atoms with Gasteiger partial charge in [0.25, 0.3) is 0 Å². The van der Waals surface area contributed by atoms with Crippen molar-refractivity contribution in [3.8, 4) is 0 Å². The third kappa shape index (κ3) is 21.1. The summed E-state index contributed by atoms with van der Waals surface area (Å²) in [6, 6.07) is 0. The van der Waals surface area contributed by atoms with Gasteiger partial charge in [-0.2, -0.15) is 0 Å². The van der Waals surface area contributed by atoms with Gasteiger partial charge in [-0.1, -0.05) is 129 Å². The summed E-state index contributed by atoms with van der Waals surface area (Å²) in [6.45, 7) is 3.21. The van der Waals surface area contributed by atoms with Crippen LogP contribution in [0.5, 0.6) is 0 Å². The van der Waals surface area contributed by atoms with Gasteiger partial charge in [-0.3, -0.25) is 18.6 Å². The maximum Gasteiger partial charge on any atom is 0.472 e. The fourth-order valence-electron chi connectivity index (χ4n) is 5.82. The number of aliphatic hydroxyl groups is 5. The van der Waals surface area contributed by atoms with Crippen molar-refractivity contribution in [2.24, 2.45) is 0 Å². The van der Waals surface area contributed by atoms with E-state index in [4.69, 9.17) is 18.5 Å². The first-order valence-electron chi connectivity index (χ1n) is 18.8. The van der Waals surface area contributed by atoms with Gasteiger partial charge in [0.15, 0.2) is 6.10 Å². The fraction of sp³-hybridized carbons (Fsp3) is 0.943. The van der Waals surface area contributed by atoms with Gasteiger partial charge in [-0.25, -0.2) is 4.57 Å². The van der Waals surface area contributed by atoms with Crippen LogP contribution in [0.2, 0.25) is 0 Å². The Kier molecular flexibility index (Phi) is 25.7. The predicted molar refractivity (Wildman–Crippen MR) is 184 cm³/mol. The van der Waals surface area contributed by atoms with Crippen LogP contribution in [0.4, 0.5) is 0 Å². The van der Waals surface area contributed by atoms with Crippen LogP contribution in [0, 0.1) is 0 Å². The van der Waals surface area contributed by atoms with E-state index < -0.39 is 75.7 Å². The molecule has 1 saturated carbocycles. The minimum Gasteiger partial charge on any atom is -0.462 e. The number of hydrogen-bond donors (Lipinski definition) is 6. The number of unbranched alkanes of at least 4 members (excludes halogenated alkanes) is 18. The van der Waals surface area contributed by atoms with Gasteiger partial charge in [0.2, 0.25) is 0 Å². The highest BCUT2D eigenvalue weighted by atomic mass is 31.2. The van der Waals surface area contributed by atoms with Crippen molar-refractivity contribution in [2.45, 2.75) is 198 Å². The molecule has 8 atom stereocenters. The number of carbonyl (C=O) groups is 2. The summed E-state index contributed by atoms with van der Waals surface area (Å²) in [5.74, 6) is -1.10. The Morgan fingerprint density at radius 3 is 1.35 bits per heavy atom. The first kappa shape index (κ1) is 45.9. The molecule has 0 aromatic carbocycles. The number of phosphoric acid groups is 1. The lowest BCUT2D eigenvalue weighted by molar-refractivity contribution is -0.220. The van der Waals surface area contributed by atoms with E-state index in [2.05, 4.69) is 13.8 Å². The lowest BCUT2D eigenvalue weighted by atomic mass is 9.85. The molecule has 1 rings (SSSR count). The molecule has 14 heteroatoms. The van der Waals surface area contributed by atoms with Crippen molar-refractivity contribution < 1.29 is 63.1 Å². The molecule has 49 heavy (non-hydrogen) atoms. The topological polar surface area (TPSA) is 210 Å². The lowest BCUT2D eigenvalue weighted by Gasteiger charge is -2.41. The molecule has 0 spiro atoms. The molecule has 0 saturated heterocycles. The van der Waals surface area contributed by atoms with E-state index in [0.29, 0.717) is 12.8 Å². The van der Waals surface area contributed by atoms with E-state index in [1.807, 2.05) is 0 Å². The number of rotatable bonds is 30. The van der Waals surface area contributed by atoms with Crippen LogP contribution in [0.3, 0.4) is 0 Å². The minimum atomic E-state index is -5.09. The Labute approximate surface area is 293 Å². The molecule has 0 aromatic rings. The number of esters is 2. The quantitative estimate of drug-likeness (QED) is 0.0312. The van der Waals surface area contributed by atoms with Crippen molar-refractivity contribution in [3.63, 3.8) is 0 Å². The Morgan fingerprint density at radius 2 is 0.918 bits per heavy atom. The van der Waals surface area contributed by atoms with Crippen LogP contribution in [-0.4, -0.2) is 98.3 Å². The Bertz CT molecular complexity index is 891. The van der Waals surface area contributed by atoms with Crippen molar-refractivity contribution in [3.05, 3.63) is 0 Å². The largest absolute Gasteiger partial charge is 0.472 e. The maximum absolute atomic E-state index is 12.7. The zero-order chi connectivity index (χ0) is 36.5. The van der Waals surface area contributed by atoms with E-state index in [9.17, 15) is 44.6 Å². The molecular formula is C35H67O13P. The summed E-state index contributed by atoms with van der Waals surface area (Å²) in [6.07, 6.45) is 9.25. The molecule has 0 heterocycles. The second-order valence-corrected chi connectivity index (χ2v) is 14.9. The number of carbonyl (C=O) groups excluding carboxylic acids is 2. The summed E-state index contributed by atoms with van der Waals surface area (Å²) in [4.78, 5) is 35.2. The monoisotopic (exact) mass is 726 g/mol. The second-order valence-electron chi connectivity index (χ2n) is 13.4. The van der Waals surface area contributed by atoms with E-state index in [1.165, 1.54) is 64.2 Å². The number of phosphoric ester groups is 1. The van der Waals surface area contributed by atoms with E-state index in [-0.39, 0.29) is 12.8 Å². The standard InChI is InChI=1S/C35H67O13P/c1-3-5-7-9-11-12-13-14-15-16-18-20-22-24-29(37)47-27(25-45-28(36)23-21-19-17-10-8-6-4-2)26-46-49(43,44)48-35-33(41)31(39)30(38)32(40)34(35)42/h27,30-35,38-42H,3-26H2,1-2H3,(H,43,44)/t27-,30?,31-,32?,33?,34?,35?/m1/s1. The SMILES string of the molecule is CCCCCCCCCCCCCCCC(=O)O[C@H](COC(=O)CCCCCCCCC)COP(=O)(O)OC1C(O)C(O)C(O)[C@@H](O)C1O. The molecule has 1 aliphatic carbocycles. The highest BCUT2D eigenvalue weighted by Gasteiger charge is 2.51. The van der Waals surface area contributed by atoms with Gasteiger partial charge in [-0.05, 0) is 12.8 Å². The van der Waals surface area contributed by atoms with E-state index in [1.54, 1.807) is 0 Å². The van der Waals surface area contributed by atoms with Crippen LogP contribution in [0.25, 0.3) is 0 Å². The normalized spacial score (nSPS) is 24.3. The van der Waals surface area contributed by atoms with E-state index >= 15 is 0 Å². The average Bonchev–Trinajstić information content (AvgIpc) is 3.07. The maximum atomic E-state index is 12.7. The van der Waals surface area contributed by atoms with Crippen LogP contribution in [0.1, 0.15) is 155 Å². The Hall–Kier alpha value is -1.15. The molecule has 1 fully saturated rings. The minimum absolute atomic E-state index is 0.103. The fourth-order valence-corrected chi connectivity index (χ4v) is 6.79. The summed E-state index contributed by atoms with van der Waals surface area (Å²) in [7, 11) is -5.09. The number of hydrogen-bond acceptors (Lipinski definition) is 12. The molecule has 6 unspecified atom stereocenters. The Morgan fingerprint density at radius 1 is 0.551 bits per heavy atom. The molecule has 0 bridgehead atoms. The summed E-state index contributed by atoms with van der Waals surface area (Å²) in [5.41, 5.74) is 0. The zero-order valence-corrected chi connectivity index (χ0v) is 30.9. The first-order valence-corrected chi connectivity index (χ1v) is 20.3. The molecular weight excluding hydrogens is 659 g/mol. The van der Waals surface area contributed by atoms with Crippen LogP contribution in [0.15, 0.2) is 0 Å². The van der Waals surface area contributed by atoms with Crippen molar-refractivity contribution >= 4 is 19.8 Å². The predicted octanol–water partition coefficient (Wildman–Crippen LogP) is 5.38. The third-order valence-corrected chi connectivity index (χ3v) is 9.93. The highest BCUT2D eigenvalue weighted by Crippen LogP contribution is 2.47. The second kappa shape index (κ2) is 27.5. The molecule has 0 aromatic heterocycles. The van der Waals surface area contributed by atoms with Gasteiger partial charge in [0, 0.05) is 12.8 Å². The molecule has 13 nitrogen and oxygen atoms in total. The zero-order valence-electron chi connectivity index (χ0n) is 30.0. The number of aliphatic hydroxyl groups excluding tert-OH is 5. The molecule has 0 amide bonds. The molecule has 6 N–H and O–H groups in total. The van der Waals surface area contributed by atoms with Gasteiger partial charge >= 0.3 is 19.8 Å². The van der Waals surface area contributed by atoms with Crippen LogP contribution in [-0.2, 0) is 32.7 Å². The average molecular weight is 727 g/mol. The van der Waals surface area contributed by atoms with Gasteiger partial charge in [0.05, 0.1) is 6.61 Å². The molecule has 1 aliphatic rings. The smallest absolute Gasteiger partial charge is 0.462 e. The van der Waals surface area contributed by atoms with Crippen molar-refractivity contribution in [1.29, 1.82) is 0 Å². The van der Waals surface area contributed by atoms with Crippen molar-refractivity contribution in [1.82, 2.24) is 0 Å².